The van der Waals surface area contributed by atoms with E-state index in [0.717, 1.165) is 31.2 Å². The number of piperidine rings is 1. The van der Waals surface area contributed by atoms with E-state index in [4.69, 9.17) is 4.74 Å². The van der Waals surface area contributed by atoms with Crippen molar-refractivity contribution in [2.24, 2.45) is 5.92 Å². The summed E-state index contributed by atoms with van der Waals surface area (Å²) in [5.74, 6) is 0.900. The molecule has 3 heteroatoms. The van der Waals surface area contributed by atoms with Crippen molar-refractivity contribution in [3.8, 4) is 0 Å². The Labute approximate surface area is 98.5 Å². The third kappa shape index (κ3) is 2.13. The summed E-state index contributed by atoms with van der Waals surface area (Å²) in [4.78, 5) is 2.77. The Hall–Kier alpha value is -0.120. The molecule has 3 atom stereocenters. The maximum Gasteiger partial charge on any atom is 0.0622 e. The molecule has 92 valence electrons. The minimum absolute atomic E-state index is 0.731. The zero-order chi connectivity index (χ0) is 10.8. The van der Waals surface area contributed by atoms with E-state index < -0.39 is 0 Å². The van der Waals surface area contributed by atoms with E-state index in [1.54, 1.807) is 0 Å². The normalized spacial score (nSPS) is 41.6. The molecule has 0 bridgehead atoms. The third-order valence-corrected chi connectivity index (χ3v) is 4.60. The molecule has 0 spiro atoms. The second-order valence-corrected chi connectivity index (χ2v) is 5.57. The van der Waals surface area contributed by atoms with E-state index >= 15 is 0 Å². The Morgan fingerprint density at radius 2 is 2.12 bits per heavy atom. The van der Waals surface area contributed by atoms with Crippen LogP contribution in [-0.4, -0.2) is 49.8 Å². The van der Waals surface area contributed by atoms with Gasteiger partial charge in [-0.15, -0.1) is 0 Å². The van der Waals surface area contributed by atoms with Crippen molar-refractivity contribution in [1.29, 1.82) is 0 Å². The van der Waals surface area contributed by atoms with Crippen LogP contribution in [0.5, 0.6) is 0 Å². The molecule has 3 heterocycles. The highest BCUT2D eigenvalue weighted by Crippen LogP contribution is 2.31. The van der Waals surface area contributed by atoms with Gasteiger partial charge < -0.3 is 10.1 Å². The molecule has 0 aromatic heterocycles. The van der Waals surface area contributed by atoms with Crippen LogP contribution in [0.15, 0.2) is 0 Å². The SMILES string of the molecule is C1CNCC(C2CCCN2C2CCOC2)C1. The van der Waals surface area contributed by atoms with Crippen LogP contribution in [0, 0.1) is 5.92 Å². The van der Waals surface area contributed by atoms with Crippen LogP contribution in [0.4, 0.5) is 0 Å². The summed E-state index contributed by atoms with van der Waals surface area (Å²) in [6.07, 6.45) is 6.88. The molecule has 0 aliphatic carbocycles. The first-order valence-corrected chi connectivity index (χ1v) is 6.99. The fraction of sp³-hybridized carbons (Fsp3) is 1.00. The lowest BCUT2D eigenvalue weighted by Crippen LogP contribution is -2.47. The van der Waals surface area contributed by atoms with Crippen LogP contribution in [0.25, 0.3) is 0 Å². The molecule has 3 aliphatic rings. The number of rotatable bonds is 2. The topological polar surface area (TPSA) is 24.5 Å². The Morgan fingerprint density at radius 3 is 2.88 bits per heavy atom. The lowest BCUT2D eigenvalue weighted by Gasteiger charge is -2.37. The van der Waals surface area contributed by atoms with E-state index in [1.807, 2.05) is 0 Å². The quantitative estimate of drug-likeness (QED) is 0.764. The number of nitrogens with zero attached hydrogens (tertiary/aromatic N) is 1. The van der Waals surface area contributed by atoms with Crippen LogP contribution in [-0.2, 0) is 4.74 Å². The molecule has 0 radical (unpaired) electrons. The van der Waals surface area contributed by atoms with Crippen molar-refractivity contribution in [2.45, 2.75) is 44.2 Å². The van der Waals surface area contributed by atoms with Crippen LogP contribution >= 0.6 is 0 Å². The molecule has 3 rings (SSSR count). The molecule has 0 saturated carbocycles. The summed E-state index contributed by atoms with van der Waals surface area (Å²) in [7, 11) is 0. The van der Waals surface area contributed by atoms with Crippen molar-refractivity contribution in [2.75, 3.05) is 32.8 Å². The summed E-state index contributed by atoms with van der Waals surface area (Å²) in [5, 5.41) is 3.56. The van der Waals surface area contributed by atoms with Crippen molar-refractivity contribution in [1.82, 2.24) is 10.2 Å². The van der Waals surface area contributed by atoms with Crippen LogP contribution < -0.4 is 5.32 Å². The zero-order valence-electron chi connectivity index (χ0n) is 10.2. The van der Waals surface area contributed by atoms with Gasteiger partial charge in [-0.25, -0.2) is 0 Å². The highest BCUT2D eigenvalue weighted by atomic mass is 16.5. The van der Waals surface area contributed by atoms with Gasteiger partial charge in [-0.1, -0.05) is 0 Å². The van der Waals surface area contributed by atoms with Crippen molar-refractivity contribution >= 4 is 0 Å². The van der Waals surface area contributed by atoms with E-state index in [9.17, 15) is 0 Å². The average molecular weight is 224 g/mol. The molecule has 0 amide bonds. The summed E-state index contributed by atoms with van der Waals surface area (Å²) < 4.78 is 5.55. The number of hydrogen-bond acceptors (Lipinski definition) is 3. The standard InChI is InChI=1S/C13H24N2O/c1-3-11(9-14-6-1)13-4-2-7-15(13)12-5-8-16-10-12/h11-14H,1-10H2. The number of ether oxygens (including phenoxy) is 1. The highest BCUT2D eigenvalue weighted by molar-refractivity contribution is 4.92. The predicted octanol–water partition coefficient (Wildman–Crippen LogP) is 1.24. The zero-order valence-corrected chi connectivity index (χ0v) is 10.2. The largest absolute Gasteiger partial charge is 0.380 e. The summed E-state index contributed by atoms with van der Waals surface area (Å²) in [6.45, 7) is 5.76. The van der Waals surface area contributed by atoms with Crippen LogP contribution in [0.2, 0.25) is 0 Å². The number of hydrogen-bond donors (Lipinski definition) is 1. The highest BCUT2D eigenvalue weighted by Gasteiger charge is 2.37. The van der Waals surface area contributed by atoms with Gasteiger partial charge in [-0.2, -0.15) is 0 Å². The Balaban J connectivity index is 1.63. The minimum Gasteiger partial charge on any atom is -0.380 e. The van der Waals surface area contributed by atoms with Gasteiger partial charge in [0.1, 0.15) is 0 Å². The first-order chi connectivity index (χ1) is 7.95. The van der Waals surface area contributed by atoms with Gasteiger partial charge in [0.2, 0.25) is 0 Å². The Bertz CT molecular complexity index is 222. The van der Waals surface area contributed by atoms with Gasteiger partial charge in [0, 0.05) is 18.7 Å². The van der Waals surface area contributed by atoms with Gasteiger partial charge >= 0.3 is 0 Å². The lowest BCUT2D eigenvalue weighted by molar-refractivity contribution is 0.101. The molecule has 1 N–H and O–H groups in total. The Morgan fingerprint density at radius 1 is 1.12 bits per heavy atom. The van der Waals surface area contributed by atoms with Crippen molar-refractivity contribution in [3.05, 3.63) is 0 Å². The van der Waals surface area contributed by atoms with Gasteiger partial charge in [0.25, 0.3) is 0 Å². The fourth-order valence-electron chi connectivity index (χ4n) is 3.77. The molecule has 3 aliphatic heterocycles. The van der Waals surface area contributed by atoms with Gasteiger partial charge in [-0.3, -0.25) is 4.90 Å². The van der Waals surface area contributed by atoms with E-state index in [-0.39, 0.29) is 0 Å². The smallest absolute Gasteiger partial charge is 0.0622 e. The molecule has 3 fully saturated rings. The molecule has 0 aromatic rings. The van der Waals surface area contributed by atoms with Gasteiger partial charge in [-0.05, 0) is 57.7 Å². The third-order valence-electron chi connectivity index (χ3n) is 4.60. The lowest BCUT2D eigenvalue weighted by atomic mass is 9.89. The minimum atomic E-state index is 0.731. The van der Waals surface area contributed by atoms with Crippen LogP contribution in [0.1, 0.15) is 32.1 Å². The first kappa shape index (κ1) is 11.0. The van der Waals surface area contributed by atoms with E-state index in [1.165, 1.54) is 51.7 Å². The maximum atomic E-state index is 5.55. The second-order valence-electron chi connectivity index (χ2n) is 5.57. The summed E-state index contributed by atoms with van der Waals surface area (Å²) in [5.41, 5.74) is 0. The summed E-state index contributed by atoms with van der Waals surface area (Å²) in [6, 6.07) is 1.58. The first-order valence-electron chi connectivity index (χ1n) is 6.99. The molecule has 3 saturated heterocycles. The summed E-state index contributed by atoms with van der Waals surface area (Å²) >= 11 is 0. The predicted molar refractivity (Wildman–Crippen MR) is 64.5 cm³/mol. The van der Waals surface area contributed by atoms with Gasteiger partial charge in [0.15, 0.2) is 0 Å². The fourth-order valence-corrected chi connectivity index (χ4v) is 3.77. The molecule has 0 aromatic carbocycles. The van der Waals surface area contributed by atoms with Crippen LogP contribution in [0.3, 0.4) is 0 Å². The number of nitrogens with one attached hydrogen (secondary N) is 1. The average Bonchev–Trinajstić information content (AvgIpc) is 3.01. The molecular weight excluding hydrogens is 200 g/mol. The van der Waals surface area contributed by atoms with Gasteiger partial charge in [0.05, 0.1) is 6.61 Å². The van der Waals surface area contributed by atoms with Crippen molar-refractivity contribution < 1.29 is 4.74 Å². The molecular formula is C13H24N2O. The Kier molecular flexibility index (Phi) is 3.46. The molecule has 3 unspecified atom stereocenters. The molecule has 3 nitrogen and oxygen atoms in total. The van der Waals surface area contributed by atoms with E-state index in [0.29, 0.717) is 0 Å². The van der Waals surface area contributed by atoms with E-state index in [2.05, 4.69) is 10.2 Å². The monoisotopic (exact) mass is 224 g/mol. The molecule has 16 heavy (non-hydrogen) atoms. The second kappa shape index (κ2) is 5.03. The van der Waals surface area contributed by atoms with Crippen molar-refractivity contribution in [3.63, 3.8) is 0 Å². The number of likely N-dealkylation sites (tertiary alicyclic amines) is 1. The maximum absolute atomic E-state index is 5.55.